The van der Waals surface area contributed by atoms with Crippen molar-refractivity contribution in [3.05, 3.63) is 109 Å². The van der Waals surface area contributed by atoms with E-state index in [0.29, 0.717) is 5.56 Å². The third kappa shape index (κ3) is 3.21. The number of ketones is 2. The number of carbonyl (C=O) groups is 3. The fourth-order valence-electron chi connectivity index (χ4n) is 3.36. The molecule has 0 bridgehead atoms. The smallest absolute Gasteiger partial charge is 0.345 e. The van der Waals surface area contributed by atoms with Crippen LogP contribution in [-0.4, -0.2) is 22.5 Å². The van der Waals surface area contributed by atoms with E-state index in [-0.39, 0.29) is 34.4 Å². The van der Waals surface area contributed by atoms with Gasteiger partial charge in [0.2, 0.25) is 5.78 Å². The third-order valence-electron chi connectivity index (χ3n) is 4.79. The summed E-state index contributed by atoms with van der Waals surface area (Å²) in [5, 5.41) is 11.8. The van der Waals surface area contributed by atoms with Crippen molar-refractivity contribution in [2.45, 2.75) is 6.61 Å². The normalized spacial score (nSPS) is 12.2. The summed E-state index contributed by atoms with van der Waals surface area (Å²) < 4.78 is 5.96. The standard InChI is InChI=1S/C22H12BrNO6/c23-17-8-4-1-5-12(17)11-30-22(27)16-10-9-15-18(19(16)24(28)29)21(26)14-7-3-2-6-13(14)20(15)25/h1-10H,11H2. The molecular formula is C22H12BrNO6. The Morgan fingerprint density at radius 3 is 2.20 bits per heavy atom. The van der Waals surface area contributed by atoms with Gasteiger partial charge in [-0.15, -0.1) is 0 Å². The fourth-order valence-corrected chi connectivity index (χ4v) is 3.76. The number of hydrogen-bond acceptors (Lipinski definition) is 6. The number of fused-ring (bicyclic) bond motifs is 2. The number of carbonyl (C=O) groups excluding carboxylic acids is 3. The average molecular weight is 466 g/mol. The zero-order valence-corrected chi connectivity index (χ0v) is 16.8. The van der Waals surface area contributed by atoms with Gasteiger partial charge in [0.25, 0.3) is 5.69 Å². The van der Waals surface area contributed by atoms with Gasteiger partial charge in [-0.25, -0.2) is 4.79 Å². The van der Waals surface area contributed by atoms with Crippen LogP contribution in [0.3, 0.4) is 0 Å². The van der Waals surface area contributed by atoms with Crippen molar-refractivity contribution in [1.82, 2.24) is 0 Å². The zero-order valence-electron chi connectivity index (χ0n) is 15.3. The van der Waals surface area contributed by atoms with Crippen LogP contribution in [0.25, 0.3) is 0 Å². The van der Waals surface area contributed by atoms with Crippen molar-refractivity contribution >= 4 is 39.2 Å². The van der Waals surface area contributed by atoms with Crippen molar-refractivity contribution in [2.75, 3.05) is 0 Å². The van der Waals surface area contributed by atoms with Gasteiger partial charge >= 0.3 is 5.97 Å². The lowest BCUT2D eigenvalue weighted by Gasteiger charge is -2.18. The van der Waals surface area contributed by atoms with E-state index in [4.69, 9.17) is 4.74 Å². The first-order valence-electron chi connectivity index (χ1n) is 8.80. The van der Waals surface area contributed by atoms with Gasteiger partial charge in [-0.3, -0.25) is 19.7 Å². The number of esters is 1. The molecule has 1 aliphatic carbocycles. The lowest BCUT2D eigenvalue weighted by Crippen LogP contribution is -2.23. The largest absolute Gasteiger partial charge is 0.457 e. The number of hydrogen-bond donors (Lipinski definition) is 0. The molecule has 30 heavy (non-hydrogen) atoms. The Bertz CT molecular complexity index is 1250. The van der Waals surface area contributed by atoms with Crippen molar-refractivity contribution in [2.24, 2.45) is 0 Å². The highest BCUT2D eigenvalue weighted by atomic mass is 79.9. The molecule has 0 saturated heterocycles. The Balaban J connectivity index is 1.77. The van der Waals surface area contributed by atoms with Crippen LogP contribution >= 0.6 is 15.9 Å². The van der Waals surface area contributed by atoms with E-state index in [0.717, 1.165) is 10.5 Å². The fraction of sp³-hybridized carbons (Fsp3) is 0.0455. The van der Waals surface area contributed by atoms with E-state index in [1.807, 2.05) is 0 Å². The van der Waals surface area contributed by atoms with Crippen LogP contribution in [0.4, 0.5) is 5.69 Å². The molecule has 8 heteroatoms. The topological polar surface area (TPSA) is 104 Å². The first kappa shape index (κ1) is 19.7. The molecule has 0 heterocycles. The van der Waals surface area contributed by atoms with Crippen LogP contribution in [0.5, 0.6) is 0 Å². The highest BCUT2D eigenvalue weighted by Gasteiger charge is 2.38. The van der Waals surface area contributed by atoms with Gasteiger partial charge in [0.15, 0.2) is 5.78 Å². The van der Waals surface area contributed by atoms with Crippen molar-refractivity contribution in [3.8, 4) is 0 Å². The molecule has 4 rings (SSSR count). The van der Waals surface area contributed by atoms with Crippen LogP contribution in [0.15, 0.2) is 65.1 Å². The Hall–Kier alpha value is -3.65. The number of benzene rings is 3. The predicted molar refractivity (Wildman–Crippen MR) is 110 cm³/mol. The average Bonchev–Trinajstić information content (AvgIpc) is 2.75. The van der Waals surface area contributed by atoms with Gasteiger partial charge in [0.1, 0.15) is 17.7 Å². The quantitative estimate of drug-likeness (QED) is 0.250. The maximum Gasteiger partial charge on any atom is 0.345 e. The second-order valence-corrected chi connectivity index (χ2v) is 7.37. The number of nitrogens with zero attached hydrogens (tertiary/aromatic N) is 1. The monoisotopic (exact) mass is 465 g/mol. The summed E-state index contributed by atoms with van der Waals surface area (Å²) in [6.45, 7) is -0.121. The van der Waals surface area contributed by atoms with Crippen LogP contribution in [0, 0.1) is 10.1 Å². The van der Waals surface area contributed by atoms with Crippen LogP contribution in [0.1, 0.15) is 47.8 Å². The maximum atomic E-state index is 13.0. The zero-order chi connectivity index (χ0) is 21.4. The summed E-state index contributed by atoms with van der Waals surface area (Å²) in [4.78, 5) is 49.4. The molecule has 0 fully saturated rings. The molecule has 0 atom stereocenters. The van der Waals surface area contributed by atoms with Gasteiger partial charge < -0.3 is 4.74 Å². The molecule has 0 aliphatic heterocycles. The number of halogens is 1. The highest BCUT2D eigenvalue weighted by Crippen LogP contribution is 2.36. The molecule has 3 aromatic carbocycles. The minimum Gasteiger partial charge on any atom is -0.457 e. The van der Waals surface area contributed by atoms with E-state index in [2.05, 4.69) is 15.9 Å². The molecule has 148 valence electrons. The van der Waals surface area contributed by atoms with Crippen LogP contribution in [-0.2, 0) is 11.3 Å². The van der Waals surface area contributed by atoms with Gasteiger partial charge in [-0.05, 0) is 18.2 Å². The third-order valence-corrected chi connectivity index (χ3v) is 5.56. The maximum absolute atomic E-state index is 13.0. The van der Waals surface area contributed by atoms with Gasteiger partial charge in [0, 0.05) is 26.7 Å². The summed E-state index contributed by atoms with van der Waals surface area (Å²) in [7, 11) is 0. The second kappa shape index (κ2) is 7.64. The molecule has 0 radical (unpaired) electrons. The highest BCUT2D eigenvalue weighted by molar-refractivity contribution is 9.10. The van der Waals surface area contributed by atoms with Gasteiger partial charge in [-0.1, -0.05) is 58.4 Å². The lowest BCUT2D eigenvalue weighted by atomic mass is 9.82. The predicted octanol–water partition coefficient (Wildman–Crippen LogP) is 4.49. The summed E-state index contributed by atoms with van der Waals surface area (Å²) in [5.74, 6) is -2.14. The van der Waals surface area contributed by atoms with Crippen LogP contribution < -0.4 is 0 Å². The Morgan fingerprint density at radius 2 is 1.53 bits per heavy atom. The molecule has 0 saturated carbocycles. The number of rotatable bonds is 4. The van der Waals surface area contributed by atoms with E-state index < -0.39 is 28.1 Å². The molecule has 7 nitrogen and oxygen atoms in total. The number of nitro groups is 1. The molecule has 0 unspecified atom stereocenters. The molecule has 1 aliphatic rings. The minimum absolute atomic E-state index is 0.0665. The van der Waals surface area contributed by atoms with Crippen LogP contribution in [0.2, 0.25) is 0 Å². The Labute approximate surface area is 178 Å². The van der Waals surface area contributed by atoms with E-state index in [1.165, 1.54) is 18.2 Å². The number of nitro benzene ring substituents is 1. The van der Waals surface area contributed by atoms with E-state index in [1.54, 1.807) is 36.4 Å². The number of ether oxygens (including phenoxy) is 1. The lowest BCUT2D eigenvalue weighted by molar-refractivity contribution is -0.385. The minimum atomic E-state index is -0.959. The van der Waals surface area contributed by atoms with E-state index in [9.17, 15) is 24.5 Å². The first-order valence-corrected chi connectivity index (χ1v) is 9.59. The van der Waals surface area contributed by atoms with Gasteiger partial charge in [0.05, 0.1) is 4.92 Å². The second-order valence-electron chi connectivity index (χ2n) is 6.51. The first-order chi connectivity index (χ1) is 14.4. The van der Waals surface area contributed by atoms with Crippen molar-refractivity contribution in [1.29, 1.82) is 0 Å². The molecule has 0 amide bonds. The summed E-state index contributed by atoms with van der Waals surface area (Å²) in [6.07, 6.45) is 0. The summed E-state index contributed by atoms with van der Waals surface area (Å²) in [6, 6.07) is 15.6. The van der Waals surface area contributed by atoms with Gasteiger partial charge in [-0.2, -0.15) is 0 Å². The Kier molecular flexibility index (Phi) is 5.01. The van der Waals surface area contributed by atoms with Crippen molar-refractivity contribution < 1.29 is 24.0 Å². The SMILES string of the molecule is O=C1c2ccccc2C(=O)c2c1ccc(C(=O)OCc1ccccc1Br)c2[N+](=O)[O-]. The van der Waals surface area contributed by atoms with E-state index >= 15 is 0 Å². The van der Waals surface area contributed by atoms with Crippen molar-refractivity contribution in [3.63, 3.8) is 0 Å². The molecule has 0 N–H and O–H groups in total. The molecule has 0 spiro atoms. The Morgan fingerprint density at radius 1 is 0.900 bits per heavy atom. The molecular weight excluding hydrogens is 454 g/mol. The molecule has 3 aromatic rings. The summed E-state index contributed by atoms with van der Waals surface area (Å²) >= 11 is 3.34. The molecule has 0 aromatic heterocycles. The summed E-state index contributed by atoms with van der Waals surface area (Å²) in [5.41, 5.74) is -0.687.